The van der Waals surface area contributed by atoms with Gasteiger partial charge in [-0.15, -0.1) is 0 Å². The fraction of sp³-hybridized carbons (Fsp3) is 0.714. The lowest BCUT2D eigenvalue weighted by molar-refractivity contribution is -0.142. The Kier molecular flexibility index (Phi) is 4.34. The summed E-state index contributed by atoms with van der Waals surface area (Å²) < 4.78 is 0. The molecule has 0 aliphatic carbocycles. The summed E-state index contributed by atoms with van der Waals surface area (Å²) in [6, 6.07) is 0. The summed E-state index contributed by atoms with van der Waals surface area (Å²) >= 11 is 0. The molecular formula is C14H23N5O4. The monoisotopic (exact) mass is 325 g/mol. The zero-order valence-electron chi connectivity index (χ0n) is 13.9. The molecule has 0 aromatic heterocycles. The van der Waals surface area contributed by atoms with E-state index in [0.717, 1.165) is 0 Å². The Labute approximate surface area is 134 Å². The van der Waals surface area contributed by atoms with E-state index in [1.807, 2.05) is 13.8 Å². The third kappa shape index (κ3) is 3.61. The second-order valence-corrected chi connectivity index (χ2v) is 6.83. The van der Waals surface area contributed by atoms with Crippen molar-refractivity contribution in [1.29, 1.82) is 0 Å². The maximum Gasteiger partial charge on any atom is 0.249 e. The highest BCUT2D eigenvalue weighted by Gasteiger charge is 2.40. The molecule has 23 heavy (non-hydrogen) atoms. The first-order valence-electron chi connectivity index (χ1n) is 7.45. The van der Waals surface area contributed by atoms with E-state index >= 15 is 0 Å². The highest BCUT2D eigenvalue weighted by molar-refractivity contribution is 5.95. The maximum atomic E-state index is 12.4. The number of amides is 4. The number of hydrogen-bond acceptors (Lipinski definition) is 5. The molecule has 2 aliphatic rings. The van der Waals surface area contributed by atoms with Gasteiger partial charge in [0.05, 0.1) is 18.9 Å². The third-order valence-corrected chi connectivity index (χ3v) is 4.03. The summed E-state index contributed by atoms with van der Waals surface area (Å²) in [5, 5.41) is 8.20. The lowest BCUT2D eigenvalue weighted by Gasteiger charge is -2.33. The van der Waals surface area contributed by atoms with Crippen LogP contribution in [0.2, 0.25) is 0 Å². The van der Waals surface area contributed by atoms with Crippen LogP contribution in [0.15, 0.2) is 0 Å². The summed E-state index contributed by atoms with van der Waals surface area (Å²) in [6.45, 7) is 6.94. The van der Waals surface area contributed by atoms with Gasteiger partial charge in [0.1, 0.15) is 18.6 Å². The Morgan fingerprint density at radius 2 is 1.96 bits per heavy atom. The lowest BCUT2D eigenvalue weighted by atomic mass is 10.0. The van der Waals surface area contributed by atoms with Gasteiger partial charge in [-0.1, -0.05) is 0 Å². The molecule has 4 amide bonds. The van der Waals surface area contributed by atoms with Gasteiger partial charge in [-0.3, -0.25) is 24.5 Å². The van der Waals surface area contributed by atoms with Gasteiger partial charge in [0, 0.05) is 0 Å². The normalized spacial score (nSPS) is 20.7. The Bertz CT molecular complexity index is 557. The Morgan fingerprint density at radius 3 is 2.43 bits per heavy atom. The van der Waals surface area contributed by atoms with Crippen molar-refractivity contribution >= 4 is 23.6 Å². The lowest BCUT2D eigenvalue weighted by Crippen LogP contribution is -2.59. The van der Waals surface area contributed by atoms with Gasteiger partial charge >= 0.3 is 0 Å². The molecular weight excluding hydrogens is 302 g/mol. The van der Waals surface area contributed by atoms with Crippen molar-refractivity contribution in [3.63, 3.8) is 0 Å². The van der Waals surface area contributed by atoms with Gasteiger partial charge in [0.25, 0.3) is 0 Å². The molecule has 128 valence electrons. The SMILES string of the molecule is CC(C)(NC(=O)CN1C(=O)CNC1(C)C)C(=O)N1CNC(=O)C1. The van der Waals surface area contributed by atoms with Crippen molar-refractivity contribution in [2.24, 2.45) is 0 Å². The fourth-order valence-corrected chi connectivity index (χ4v) is 2.67. The largest absolute Gasteiger partial charge is 0.341 e. The molecule has 0 radical (unpaired) electrons. The van der Waals surface area contributed by atoms with Crippen LogP contribution >= 0.6 is 0 Å². The van der Waals surface area contributed by atoms with Gasteiger partial charge in [-0.25, -0.2) is 0 Å². The molecule has 0 aromatic carbocycles. The average Bonchev–Trinajstić information content (AvgIpc) is 2.96. The minimum absolute atomic E-state index is 0.0142. The van der Waals surface area contributed by atoms with E-state index < -0.39 is 17.1 Å². The zero-order valence-corrected chi connectivity index (χ0v) is 13.9. The number of carbonyl (C=O) groups excluding carboxylic acids is 4. The van der Waals surface area contributed by atoms with Crippen molar-refractivity contribution in [2.45, 2.75) is 38.9 Å². The molecule has 2 heterocycles. The first-order chi connectivity index (χ1) is 10.5. The minimum atomic E-state index is -1.16. The molecule has 9 heteroatoms. The average molecular weight is 325 g/mol. The van der Waals surface area contributed by atoms with E-state index in [1.54, 1.807) is 13.8 Å². The molecule has 0 unspecified atom stereocenters. The summed E-state index contributed by atoms with van der Waals surface area (Å²) in [5.74, 6) is -1.17. The van der Waals surface area contributed by atoms with Gasteiger partial charge in [-0.05, 0) is 27.7 Å². The van der Waals surface area contributed by atoms with E-state index in [9.17, 15) is 19.2 Å². The second kappa shape index (κ2) is 5.80. The van der Waals surface area contributed by atoms with Crippen LogP contribution < -0.4 is 16.0 Å². The van der Waals surface area contributed by atoms with Crippen molar-refractivity contribution in [2.75, 3.05) is 26.3 Å². The minimum Gasteiger partial charge on any atom is -0.341 e. The fourth-order valence-electron chi connectivity index (χ4n) is 2.67. The van der Waals surface area contributed by atoms with Gasteiger partial charge in [0.15, 0.2) is 0 Å². The molecule has 2 aliphatic heterocycles. The molecule has 0 saturated carbocycles. The zero-order chi connectivity index (χ0) is 17.4. The Hall–Kier alpha value is -2.16. The number of hydrogen-bond donors (Lipinski definition) is 3. The van der Waals surface area contributed by atoms with Crippen LogP contribution in [-0.4, -0.2) is 70.9 Å². The van der Waals surface area contributed by atoms with E-state index in [0.29, 0.717) is 0 Å². The van der Waals surface area contributed by atoms with Crippen LogP contribution in [-0.2, 0) is 19.2 Å². The predicted octanol–water partition coefficient (Wildman–Crippen LogP) is -2.03. The number of rotatable bonds is 4. The number of carbonyl (C=O) groups is 4. The highest BCUT2D eigenvalue weighted by atomic mass is 16.2. The van der Waals surface area contributed by atoms with Crippen molar-refractivity contribution in [3.05, 3.63) is 0 Å². The molecule has 0 bridgehead atoms. The molecule has 0 spiro atoms. The van der Waals surface area contributed by atoms with E-state index in [4.69, 9.17) is 0 Å². The summed E-state index contributed by atoms with van der Waals surface area (Å²) in [7, 11) is 0. The molecule has 2 saturated heterocycles. The molecule has 9 nitrogen and oxygen atoms in total. The smallest absolute Gasteiger partial charge is 0.249 e. The molecule has 3 N–H and O–H groups in total. The van der Waals surface area contributed by atoms with Crippen molar-refractivity contribution < 1.29 is 19.2 Å². The summed E-state index contributed by atoms with van der Waals surface area (Å²) in [5.41, 5.74) is -1.77. The van der Waals surface area contributed by atoms with Crippen LogP contribution in [0.25, 0.3) is 0 Å². The second-order valence-electron chi connectivity index (χ2n) is 6.83. The van der Waals surface area contributed by atoms with Crippen LogP contribution in [0, 0.1) is 0 Å². The summed E-state index contributed by atoms with van der Waals surface area (Å²) in [4.78, 5) is 50.5. The quantitative estimate of drug-likeness (QED) is 0.552. The first-order valence-corrected chi connectivity index (χ1v) is 7.45. The molecule has 2 fully saturated rings. The van der Waals surface area contributed by atoms with E-state index in [1.165, 1.54) is 9.80 Å². The first kappa shape index (κ1) is 17.2. The van der Waals surface area contributed by atoms with E-state index in [-0.39, 0.29) is 44.0 Å². The predicted molar refractivity (Wildman–Crippen MR) is 80.7 cm³/mol. The van der Waals surface area contributed by atoms with E-state index in [2.05, 4.69) is 16.0 Å². The highest BCUT2D eigenvalue weighted by Crippen LogP contribution is 2.17. The van der Waals surface area contributed by atoms with Gasteiger partial charge in [-0.2, -0.15) is 0 Å². The van der Waals surface area contributed by atoms with Crippen LogP contribution in [0.4, 0.5) is 0 Å². The number of nitrogens with zero attached hydrogens (tertiary/aromatic N) is 2. The maximum absolute atomic E-state index is 12.4. The molecule has 0 atom stereocenters. The standard InChI is InChI=1S/C14H23N5O4/c1-13(2,12(23)18-6-9(20)15-8-18)17-10(21)7-19-11(22)5-16-14(19,3)4/h16H,5-8H2,1-4H3,(H,15,20)(H,17,21). The summed E-state index contributed by atoms with van der Waals surface area (Å²) in [6.07, 6.45) is 0. The van der Waals surface area contributed by atoms with Crippen LogP contribution in [0.5, 0.6) is 0 Å². The number of nitrogens with one attached hydrogen (secondary N) is 3. The molecule has 0 aromatic rings. The van der Waals surface area contributed by atoms with Gasteiger partial charge < -0.3 is 20.4 Å². The topological polar surface area (TPSA) is 111 Å². The Balaban J connectivity index is 1.97. The third-order valence-electron chi connectivity index (χ3n) is 4.03. The van der Waals surface area contributed by atoms with Crippen molar-refractivity contribution in [3.8, 4) is 0 Å². The molecule has 2 rings (SSSR count). The Morgan fingerprint density at radius 1 is 1.30 bits per heavy atom. The van der Waals surface area contributed by atoms with Crippen LogP contribution in [0.1, 0.15) is 27.7 Å². The van der Waals surface area contributed by atoms with Crippen molar-refractivity contribution in [1.82, 2.24) is 25.8 Å². The van der Waals surface area contributed by atoms with Gasteiger partial charge in [0.2, 0.25) is 23.6 Å². The van der Waals surface area contributed by atoms with Crippen LogP contribution in [0.3, 0.4) is 0 Å².